The van der Waals surface area contributed by atoms with Gasteiger partial charge in [0.25, 0.3) is 5.56 Å². The van der Waals surface area contributed by atoms with Crippen LogP contribution in [0.1, 0.15) is 5.56 Å². The van der Waals surface area contributed by atoms with E-state index in [0.717, 1.165) is 23.2 Å². The standard InChI is InChI=1S/C16H14N4O2/c21-15-10-17-20-16(19-15)18-13-6-8-14(9-7-13)22-11-12-4-2-1-3-5-12/h1-10H,11H2,(H2,18,19,20,21). The molecule has 0 aliphatic carbocycles. The van der Waals surface area contributed by atoms with Crippen LogP contribution in [-0.2, 0) is 6.61 Å². The van der Waals surface area contributed by atoms with Crippen molar-refractivity contribution >= 4 is 11.6 Å². The Labute approximate surface area is 126 Å². The van der Waals surface area contributed by atoms with E-state index in [0.29, 0.717) is 12.6 Å². The molecule has 1 heterocycles. The average Bonchev–Trinajstić information content (AvgIpc) is 2.55. The van der Waals surface area contributed by atoms with Gasteiger partial charge in [-0.1, -0.05) is 30.3 Å². The predicted molar refractivity (Wildman–Crippen MR) is 83.2 cm³/mol. The maximum Gasteiger partial charge on any atom is 0.271 e. The molecule has 0 saturated carbocycles. The summed E-state index contributed by atoms with van der Waals surface area (Å²) in [7, 11) is 0. The molecule has 0 radical (unpaired) electrons. The summed E-state index contributed by atoms with van der Waals surface area (Å²) >= 11 is 0. The van der Waals surface area contributed by atoms with Gasteiger partial charge in [0.2, 0.25) is 5.95 Å². The van der Waals surface area contributed by atoms with Crippen molar-refractivity contribution in [1.29, 1.82) is 0 Å². The molecule has 2 N–H and O–H groups in total. The summed E-state index contributed by atoms with van der Waals surface area (Å²) in [6.07, 6.45) is 1.12. The number of hydrogen-bond acceptors (Lipinski definition) is 5. The normalized spacial score (nSPS) is 10.2. The largest absolute Gasteiger partial charge is 0.489 e. The monoisotopic (exact) mass is 294 g/mol. The molecule has 0 saturated heterocycles. The lowest BCUT2D eigenvalue weighted by atomic mass is 10.2. The molecule has 110 valence electrons. The minimum absolute atomic E-state index is 0.297. The number of benzene rings is 2. The van der Waals surface area contributed by atoms with Crippen LogP contribution in [0.4, 0.5) is 11.6 Å². The zero-order chi connectivity index (χ0) is 15.2. The van der Waals surface area contributed by atoms with Gasteiger partial charge in [0.05, 0.1) is 0 Å². The molecule has 6 heteroatoms. The van der Waals surface area contributed by atoms with Gasteiger partial charge in [-0.3, -0.25) is 9.78 Å². The van der Waals surface area contributed by atoms with Crippen molar-refractivity contribution in [2.75, 3.05) is 5.32 Å². The maximum atomic E-state index is 11.1. The van der Waals surface area contributed by atoms with E-state index in [2.05, 4.69) is 20.5 Å². The summed E-state index contributed by atoms with van der Waals surface area (Å²) in [5.74, 6) is 1.06. The Morgan fingerprint density at radius 1 is 1.05 bits per heavy atom. The summed E-state index contributed by atoms with van der Waals surface area (Å²) < 4.78 is 5.70. The third-order valence-corrected chi connectivity index (χ3v) is 2.94. The van der Waals surface area contributed by atoms with E-state index in [4.69, 9.17) is 4.74 Å². The summed E-state index contributed by atoms with van der Waals surface area (Å²) in [5.41, 5.74) is 1.59. The van der Waals surface area contributed by atoms with Crippen LogP contribution >= 0.6 is 0 Å². The highest BCUT2D eigenvalue weighted by Crippen LogP contribution is 2.18. The highest BCUT2D eigenvalue weighted by atomic mass is 16.5. The van der Waals surface area contributed by atoms with Crippen molar-refractivity contribution in [3.05, 3.63) is 76.7 Å². The molecular weight excluding hydrogens is 280 g/mol. The number of hydrogen-bond donors (Lipinski definition) is 2. The first kappa shape index (κ1) is 13.8. The Balaban J connectivity index is 1.61. The van der Waals surface area contributed by atoms with Gasteiger partial charge in [-0.25, -0.2) is 0 Å². The van der Waals surface area contributed by atoms with Gasteiger partial charge in [0.15, 0.2) is 0 Å². The second-order valence-corrected chi connectivity index (χ2v) is 4.61. The van der Waals surface area contributed by atoms with Crippen LogP contribution < -0.4 is 15.6 Å². The first-order valence-electron chi connectivity index (χ1n) is 6.75. The van der Waals surface area contributed by atoms with Crippen LogP contribution in [0, 0.1) is 0 Å². The lowest BCUT2D eigenvalue weighted by Crippen LogP contribution is -2.10. The lowest BCUT2D eigenvalue weighted by molar-refractivity contribution is 0.306. The van der Waals surface area contributed by atoms with Gasteiger partial charge in [0.1, 0.15) is 18.6 Å². The zero-order valence-electron chi connectivity index (χ0n) is 11.7. The molecule has 2 aromatic carbocycles. The molecule has 0 aliphatic heterocycles. The lowest BCUT2D eigenvalue weighted by Gasteiger charge is -2.08. The van der Waals surface area contributed by atoms with Crippen molar-refractivity contribution in [2.45, 2.75) is 6.61 Å². The van der Waals surface area contributed by atoms with Crippen LogP contribution in [-0.4, -0.2) is 15.2 Å². The number of H-pyrrole nitrogens is 1. The van der Waals surface area contributed by atoms with Crippen molar-refractivity contribution < 1.29 is 4.74 Å². The minimum Gasteiger partial charge on any atom is -0.489 e. The van der Waals surface area contributed by atoms with Gasteiger partial charge in [-0.05, 0) is 29.8 Å². The molecule has 3 rings (SSSR count). The molecule has 0 unspecified atom stereocenters. The van der Waals surface area contributed by atoms with Crippen LogP contribution in [0.5, 0.6) is 5.75 Å². The molecule has 3 aromatic rings. The van der Waals surface area contributed by atoms with Crippen molar-refractivity contribution in [3.63, 3.8) is 0 Å². The highest BCUT2D eigenvalue weighted by molar-refractivity contribution is 5.53. The van der Waals surface area contributed by atoms with E-state index in [1.165, 1.54) is 0 Å². The van der Waals surface area contributed by atoms with E-state index in [9.17, 15) is 4.79 Å². The van der Waals surface area contributed by atoms with Gasteiger partial charge in [0, 0.05) is 5.69 Å². The number of nitrogens with one attached hydrogen (secondary N) is 2. The number of ether oxygens (including phenoxy) is 1. The fourth-order valence-corrected chi connectivity index (χ4v) is 1.88. The number of anilines is 2. The third kappa shape index (κ3) is 3.69. The molecule has 0 spiro atoms. The van der Waals surface area contributed by atoms with E-state index in [1.807, 2.05) is 54.6 Å². The molecule has 0 aliphatic rings. The Hall–Kier alpha value is -3.15. The number of aromatic amines is 1. The highest BCUT2D eigenvalue weighted by Gasteiger charge is 1.99. The van der Waals surface area contributed by atoms with Crippen molar-refractivity contribution in [3.8, 4) is 5.75 Å². The Bertz CT molecular complexity index is 785. The molecule has 0 bridgehead atoms. The van der Waals surface area contributed by atoms with E-state index < -0.39 is 0 Å². The van der Waals surface area contributed by atoms with Crippen LogP contribution in [0.25, 0.3) is 0 Å². The topological polar surface area (TPSA) is 79.9 Å². The number of nitrogens with zero attached hydrogens (tertiary/aromatic N) is 2. The molecular formula is C16H14N4O2. The van der Waals surface area contributed by atoms with E-state index in [1.54, 1.807) is 0 Å². The quantitative estimate of drug-likeness (QED) is 0.755. The van der Waals surface area contributed by atoms with Gasteiger partial charge < -0.3 is 10.1 Å². The predicted octanol–water partition coefficient (Wildman–Crippen LogP) is 2.49. The second kappa shape index (κ2) is 6.53. The van der Waals surface area contributed by atoms with Crippen LogP contribution in [0.15, 0.2) is 65.6 Å². The molecule has 0 amide bonds. The zero-order valence-corrected chi connectivity index (χ0v) is 11.7. The Kier molecular flexibility index (Phi) is 4.10. The Morgan fingerprint density at radius 2 is 1.82 bits per heavy atom. The number of aromatic nitrogens is 3. The third-order valence-electron chi connectivity index (χ3n) is 2.94. The Morgan fingerprint density at radius 3 is 2.55 bits per heavy atom. The van der Waals surface area contributed by atoms with Gasteiger partial charge in [-0.15, -0.1) is 10.2 Å². The first-order chi connectivity index (χ1) is 10.8. The van der Waals surface area contributed by atoms with Gasteiger partial charge >= 0.3 is 0 Å². The number of rotatable bonds is 5. The summed E-state index contributed by atoms with van der Waals surface area (Å²) in [6.45, 7) is 0.519. The molecule has 1 aromatic heterocycles. The SMILES string of the molecule is O=c1cnnc(Nc2ccc(OCc3ccccc3)cc2)[nH]1. The fourth-order valence-electron chi connectivity index (χ4n) is 1.88. The molecule has 22 heavy (non-hydrogen) atoms. The van der Waals surface area contributed by atoms with Crippen molar-refractivity contribution in [2.24, 2.45) is 0 Å². The minimum atomic E-state index is -0.305. The first-order valence-corrected chi connectivity index (χ1v) is 6.75. The molecule has 0 fully saturated rings. The van der Waals surface area contributed by atoms with Gasteiger partial charge in [-0.2, -0.15) is 0 Å². The van der Waals surface area contributed by atoms with Crippen LogP contribution in [0.2, 0.25) is 0 Å². The average molecular weight is 294 g/mol. The summed E-state index contributed by atoms with van der Waals surface area (Å²) in [4.78, 5) is 13.7. The van der Waals surface area contributed by atoms with Crippen molar-refractivity contribution in [1.82, 2.24) is 15.2 Å². The maximum absolute atomic E-state index is 11.1. The molecule has 6 nitrogen and oxygen atoms in total. The smallest absolute Gasteiger partial charge is 0.271 e. The summed E-state index contributed by atoms with van der Waals surface area (Å²) in [5, 5.41) is 10.3. The second-order valence-electron chi connectivity index (χ2n) is 4.61. The van der Waals surface area contributed by atoms with E-state index >= 15 is 0 Å². The van der Waals surface area contributed by atoms with E-state index in [-0.39, 0.29) is 5.56 Å². The fraction of sp³-hybridized carbons (Fsp3) is 0.0625. The van der Waals surface area contributed by atoms with Crippen LogP contribution in [0.3, 0.4) is 0 Å². The molecule has 0 atom stereocenters. The summed E-state index contributed by atoms with van der Waals surface area (Å²) in [6, 6.07) is 17.3.